The molecule has 0 aliphatic rings. The number of anilines is 1. The minimum absolute atomic E-state index is 0.0851. The van der Waals surface area contributed by atoms with Crippen LogP contribution in [0, 0.1) is 19.7 Å². The summed E-state index contributed by atoms with van der Waals surface area (Å²) in [6.07, 6.45) is 0. The molecule has 0 amide bonds. The predicted octanol–water partition coefficient (Wildman–Crippen LogP) is 3.30. The van der Waals surface area contributed by atoms with Gasteiger partial charge < -0.3 is 14.9 Å². The molecule has 0 aliphatic heterocycles. The summed E-state index contributed by atoms with van der Waals surface area (Å²) in [5.74, 6) is -1.09. The van der Waals surface area contributed by atoms with E-state index >= 15 is 0 Å². The fraction of sp³-hybridized carbons (Fsp3) is 0.286. The SMILES string of the molecule is Cc1noc(C)c1C(C)Nc1ccc(C(=O)O)cc1F. The summed E-state index contributed by atoms with van der Waals surface area (Å²) in [4.78, 5) is 10.8. The average molecular weight is 278 g/mol. The molecule has 2 rings (SSSR count). The van der Waals surface area contributed by atoms with Crippen LogP contribution in [-0.2, 0) is 0 Å². The van der Waals surface area contributed by atoms with Crippen molar-refractivity contribution in [2.24, 2.45) is 0 Å². The minimum atomic E-state index is -1.16. The highest BCUT2D eigenvalue weighted by molar-refractivity contribution is 5.88. The van der Waals surface area contributed by atoms with Crippen LogP contribution < -0.4 is 5.32 Å². The maximum Gasteiger partial charge on any atom is 0.335 e. The van der Waals surface area contributed by atoms with Crippen molar-refractivity contribution in [2.45, 2.75) is 26.8 Å². The molecule has 2 aromatic rings. The van der Waals surface area contributed by atoms with Crippen LogP contribution in [0.5, 0.6) is 0 Å². The van der Waals surface area contributed by atoms with Gasteiger partial charge in [0.2, 0.25) is 0 Å². The number of aromatic nitrogens is 1. The van der Waals surface area contributed by atoms with Gasteiger partial charge in [0.1, 0.15) is 11.6 Å². The lowest BCUT2D eigenvalue weighted by atomic mass is 10.1. The van der Waals surface area contributed by atoms with Gasteiger partial charge in [-0.2, -0.15) is 0 Å². The number of hydrogen-bond donors (Lipinski definition) is 2. The Hall–Kier alpha value is -2.37. The fourth-order valence-corrected chi connectivity index (χ4v) is 2.18. The van der Waals surface area contributed by atoms with Crippen molar-refractivity contribution in [3.8, 4) is 0 Å². The second kappa shape index (κ2) is 5.32. The molecule has 2 N–H and O–H groups in total. The third-order valence-electron chi connectivity index (χ3n) is 3.11. The zero-order valence-electron chi connectivity index (χ0n) is 11.4. The van der Waals surface area contributed by atoms with Gasteiger partial charge >= 0.3 is 5.97 Å². The number of aryl methyl sites for hydroxylation is 2. The summed E-state index contributed by atoms with van der Waals surface area (Å²) in [6, 6.07) is 3.55. The lowest BCUT2D eigenvalue weighted by Gasteiger charge is -2.16. The van der Waals surface area contributed by atoms with Crippen molar-refractivity contribution < 1.29 is 18.8 Å². The van der Waals surface area contributed by atoms with E-state index in [0.717, 1.165) is 17.3 Å². The van der Waals surface area contributed by atoms with Gasteiger partial charge in [-0.1, -0.05) is 5.16 Å². The fourth-order valence-electron chi connectivity index (χ4n) is 2.18. The number of hydrogen-bond acceptors (Lipinski definition) is 4. The maximum absolute atomic E-state index is 13.8. The summed E-state index contributed by atoms with van der Waals surface area (Å²) >= 11 is 0. The number of halogens is 1. The molecule has 0 aliphatic carbocycles. The molecule has 5 nitrogen and oxygen atoms in total. The number of nitrogens with one attached hydrogen (secondary N) is 1. The smallest absolute Gasteiger partial charge is 0.335 e. The molecular formula is C14H15FN2O3. The van der Waals surface area contributed by atoms with Crippen molar-refractivity contribution in [3.63, 3.8) is 0 Å². The first-order valence-electron chi connectivity index (χ1n) is 6.12. The first kappa shape index (κ1) is 14.0. The molecule has 0 fully saturated rings. The zero-order valence-corrected chi connectivity index (χ0v) is 11.4. The summed E-state index contributed by atoms with van der Waals surface area (Å²) in [5.41, 5.74) is 1.76. The largest absolute Gasteiger partial charge is 0.478 e. The summed E-state index contributed by atoms with van der Waals surface area (Å²) in [7, 11) is 0. The topological polar surface area (TPSA) is 75.4 Å². The van der Waals surface area contributed by atoms with Crippen LogP contribution in [0.25, 0.3) is 0 Å². The quantitative estimate of drug-likeness (QED) is 0.897. The first-order valence-corrected chi connectivity index (χ1v) is 6.12. The molecule has 0 spiro atoms. The third-order valence-corrected chi connectivity index (χ3v) is 3.11. The second-order valence-electron chi connectivity index (χ2n) is 4.60. The van der Waals surface area contributed by atoms with Gasteiger partial charge in [0, 0.05) is 5.56 Å². The van der Waals surface area contributed by atoms with Gasteiger partial charge in [-0.25, -0.2) is 9.18 Å². The summed E-state index contributed by atoms with van der Waals surface area (Å²) < 4.78 is 18.9. The van der Waals surface area contributed by atoms with E-state index in [0.29, 0.717) is 5.76 Å². The second-order valence-corrected chi connectivity index (χ2v) is 4.60. The molecule has 1 atom stereocenters. The van der Waals surface area contributed by atoms with Crippen molar-refractivity contribution in [2.75, 3.05) is 5.32 Å². The van der Waals surface area contributed by atoms with Crippen LogP contribution in [0.1, 0.15) is 40.3 Å². The van der Waals surface area contributed by atoms with Crippen LogP contribution in [0.15, 0.2) is 22.7 Å². The van der Waals surface area contributed by atoms with Crippen LogP contribution >= 0.6 is 0 Å². The minimum Gasteiger partial charge on any atom is -0.478 e. The molecule has 1 heterocycles. The van der Waals surface area contributed by atoms with Crippen LogP contribution in [0.2, 0.25) is 0 Å². The van der Waals surface area contributed by atoms with E-state index < -0.39 is 11.8 Å². The Bertz CT molecular complexity index is 632. The molecule has 1 unspecified atom stereocenters. The normalized spacial score (nSPS) is 12.2. The van der Waals surface area contributed by atoms with Crippen molar-refractivity contribution in [1.82, 2.24) is 5.16 Å². The van der Waals surface area contributed by atoms with Gasteiger partial charge in [-0.15, -0.1) is 0 Å². The Balaban J connectivity index is 2.24. The van der Waals surface area contributed by atoms with E-state index in [4.69, 9.17) is 9.63 Å². The maximum atomic E-state index is 13.8. The van der Waals surface area contributed by atoms with Crippen LogP contribution in [-0.4, -0.2) is 16.2 Å². The van der Waals surface area contributed by atoms with E-state index in [1.165, 1.54) is 12.1 Å². The van der Waals surface area contributed by atoms with Gasteiger partial charge in [-0.05, 0) is 39.0 Å². The predicted molar refractivity (Wildman–Crippen MR) is 71.4 cm³/mol. The Kier molecular flexibility index (Phi) is 3.74. The molecule has 6 heteroatoms. The number of carboxylic acids is 1. The van der Waals surface area contributed by atoms with Crippen LogP contribution in [0.4, 0.5) is 10.1 Å². The number of benzene rings is 1. The molecule has 0 radical (unpaired) electrons. The van der Waals surface area contributed by atoms with E-state index in [-0.39, 0.29) is 17.3 Å². The average Bonchev–Trinajstić information content (AvgIpc) is 2.71. The molecule has 1 aromatic heterocycles. The highest BCUT2D eigenvalue weighted by Gasteiger charge is 2.18. The Labute approximate surface area is 115 Å². The van der Waals surface area contributed by atoms with Gasteiger partial charge in [0.05, 0.1) is 23.0 Å². The van der Waals surface area contributed by atoms with Gasteiger partial charge in [-0.3, -0.25) is 0 Å². The van der Waals surface area contributed by atoms with E-state index in [1.807, 2.05) is 13.8 Å². The van der Waals surface area contributed by atoms with E-state index in [1.54, 1.807) is 6.92 Å². The van der Waals surface area contributed by atoms with E-state index in [9.17, 15) is 9.18 Å². The number of carbonyl (C=O) groups is 1. The van der Waals surface area contributed by atoms with Crippen LogP contribution in [0.3, 0.4) is 0 Å². The number of carboxylic acid groups (broad SMARTS) is 1. The lowest BCUT2D eigenvalue weighted by Crippen LogP contribution is -2.10. The molecular weight excluding hydrogens is 263 g/mol. The van der Waals surface area contributed by atoms with E-state index in [2.05, 4.69) is 10.5 Å². The molecule has 1 aromatic carbocycles. The standard InChI is InChI=1S/C14H15FN2O3/c1-7(13-8(2)17-20-9(13)3)16-12-5-4-10(14(18)19)6-11(12)15/h4-7,16H,1-3H3,(H,18,19). The molecule has 0 saturated carbocycles. The van der Waals surface area contributed by atoms with Crippen molar-refractivity contribution in [1.29, 1.82) is 0 Å². The van der Waals surface area contributed by atoms with Crippen molar-refractivity contribution >= 4 is 11.7 Å². The molecule has 20 heavy (non-hydrogen) atoms. The summed E-state index contributed by atoms with van der Waals surface area (Å²) in [6.45, 7) is 5.46. The highest BCUT2D eigenvalue weighted by atomic mass is 19.1. The van der Waals surface area contributed by atoms with Gasteiger partial charge in [0.15, 0.2) is 0 Å². The Morgan fingerprint density at radius 3 is 2.65 bits per heavy atom. The number of aromatic carboxylic acids is 1. The van der Waals surface area contributed by atoms with Crippen molar-refractivity contribution in [3.05, 3.63) is 46.6 Å². The Morgan fingerprint density at radius 2 is 2.15 bits per heavy atom. The third kappa shape index (κ3) is 2.64. The molecule has 0 saturated heterocycles. The lowest BCUT2D eigenvalue weighted by molar-refractivity contribution is 0.0696. The Morgan fingerprint density at radius 1 is 1.45 bits per heavy atom. The number of nitrogens with zero attached hydrogens (tertiary/aromatic N) is 1. The highest BCUT2D eigenvalue weighted by Crippen LogP contribution is 2.26. The van der Waals surface area contributed by atoms with Gasteiger partial charge in [0.25, 0.3) is 0 Å². The summed E-state index contributed by atoms with van der Waals surface area (Å²) in [5, 5.41) is 15.6. The first-order chi connectivity index (χ1) is 9.40. The number of rotatable bonds is 4. The molecule has 0 bridgehead atoms. The molecule has 106 valence electrons. The zero-order chi connectivity index (χ0) is 14.9. The monoisotopic (exact) mass is 278 g/mol.